The summed E-state index contributed by atoms with van der Waals surface area (Å²) in [5.41, 5.74) is -0.458. The highest BCUT2D eigenvalue weighted by Gasteiger charge is 2.20. The van der Waals surface area contributed by atoms with Gasteiger partial charge in [0.15, 0.2) is 0 Å². The van der Waals surface area contributed by atoms with Crippen LogP contribution in [0.3, 0.4) is 0 Å². The van der Waals surface area contributed by atoms with Crippen molar-refractivity contribution in [1.29, 1.82) is 0 Å². The zero-order chi connectivity index (χ0) is 12.6. The van der Waals surface area contributed by atoms with E-state index in [4.69, 9.17) is 14.6 Å². The number of aliphatic hydroxyl groups excluding tert-OH is 1. The molecule has 0 heterocycles. The van der Waals surface area contributed by atoms with Crippen molar-refractivity contribution < 1.29 is 19.4 Å². The molecule has 0 amide bonds. The number of carbonyl (C=O) groups is 1. The number of ether oxygens (including phenoxy) is 2. The number of nitrogens with one attached hydrogen (secondary N) is 1. The van der Waals surface area contributed by atoms with E-state index in [0.717, 1.165) is 0 Å². The van der Waals surface area contributed by atoms with E-state index in [9.17, 15) is 4.79 Å². The molecule has 0 radical (unpaired) electrons. The van der Waals surface area contributed by atoms with E-state index < -0.39 is 5.60 Å². The molecule has 2 N–H and O–H groups in total. The summed E-state index contributed by atoms with van der Waals surface area (Å²) in [5.74, 6) is -0.269. The van der Waals surface area contributed by atoms with E-state index in [0.29, 0.717) is 19.8 Å². The van der Waals surface area contributed by atoms with Crippen molar-refractivity contribution in [2.75, 3.05) is 26.4 Å². The lowest BCUT2D eigenvalue weighted by atomic mass is 10.2. The van der Waals surface area contributed by atoms with Crippen LogP contribution in [0.1, 0.15) is 27.7 Å². The van der Waals surface area contributed by atoms with E-state index >= 15 is 0 Å². The predicted molar refractivity (Wildman–Crippen MR) is 61.2 cm³/mol. The van der Waals surface area contributed by atoms with Crippen LogP contribution in [0.25, 0.3) is 0 Å². The van der Waals surface area contributed by atoms with E-state index in [2.05, 4.69) is 5.32 Å². The third-order valence-corrected chi connectivity index (χ3v) is 1.69. The van der Waals surface area contributed by atoms with Crippen molar-refractivity contribution in [2.24, 2.45) is 0 Å². The van der Waals surface area contributed by atoms with Gasteiger partial charge in [0.25, 0.3) is 0 Å². The number of hydrogen-bond donors (Lipinski definition) is 2. The molecule has 0 bridgehead atoms. The molecule has 0 aromatic heterocycles. The van der Waals surface area contributed by atoms with Crippen LogP contribution in [-0.4, -0.2) is 49.1 Å². The first-order valence-electron chi connectivity index (χ1n) is 5.51. The first-order chi connectivity index (χ1) is 7.37. The summed E-state index contributed by atoms with van der Waals surface area (Å²) < 4.78 is 10.2. The van der Waals surface area contributed by atoms with Crippen molar-refractivity contribution in [1.82, 2.24) is 5.32 Å². The highest BCUT2D eigenvalue weighted by molar-refractivity contribution is 5.75. The van der Waals surface area contributed by atoms with Crippen molar-refractivity contribution >= 4 is 5.97 Å². The molecule has 1 unspecified atom stereocenters. The Bertz CT molecular complexity index is 201. The van der Waals surface area contributed by atoms with Crippen molar-refractivity contribution in [3.63, 3.8) is 0 Å². The molecule has 96 valence electrons. The first-order valence-corrected chi connectivity index (χ1v) is 5.51. The molecule has 0 aliphatic rings. The molecule has 5 nitrogen and oxygen atoms in total. The third-order valence-electron chi connectivity index (χ3n) is 1.69. The van der Waals surface area contributed by atoms with Crippen LogP contribution in [-0.2, 0) is 14.3 Å². The van der Waals surface area contributed by atoms with E-state index in [1.54, 1.807) is 6.92 Å². The monoisotopic (exact) mass is 233 g/mol. The van der Waals surface area contributed by atoms with Crippen LogP contribution in [0.4, 0.5) is 0 Å². The van der Waals surface area contributed by atoms with Gasteiger partial charge in [-0.15, -0.1) is 0 Å². The largest absolute Gasteiger partial charge is 0.459 e. The van der Waals surface area contributed by atoms with Crippen LogP contribution >= 0.6 is 0 Å². The van der Waals surface area contributed by atoms with Crippen molar-refractivity contribution in [3.05, 3.63) is 0 Å². The lowest BCUT2D eigenvalue weighted by Crippen LogP contribution is -2.40. The summed E-state index contributed by atoms with van der Waals surface area (Å²) in [6.07, 6.45) is 0. The second-order valence-electron chi connectivity index (χ2n) is 4.55. The summed E-state index contributed by atoms with van der Waals surface area (Å²) in [6, 6.07) is -0.350. The Hall–Kier alpha value is -0.650. The lowest BCUT2D eigenvalue weighted by molar-refractivity contribution is -0.157. The van der Waals surface area contributed by atoms with Crippen molar-refractivity contribution in [2.45, 2.75) is 39.3 Å². The van der Waals surface area contributed by atoms with Gasteiger partial charge in [-0.2, -0.15) is 0 Å². The molecule has 0 saturated carbocycles. The Balaban J connectivity index is 3.64. The quantitative estimate of drug-likeness (QED) is 0.489. The fourth-order valence-corrected chi connectivity index (χ4v) is 0.988. The second-order valence-corrected chi connectivity index (χ2v) is 4.55. The number of aliphatic hydroxyl groups is 1. The summed E-state index contributed by atoms with van der Waals surface area (Å²) in [7, 11) is 0. The normalized spacial score (nSPS) is 13.6. The third kappa shape index (κ3) is 8.64. The molecular weight excluding hydrogens is 210 g/mol. The fraction of sp³-hybridized carbons (Fsp3) is 0.909. The van der Waals surface area contributed by atoms with Crippen LogP contribution in [0, 0.1) is 0 Å². The van der Waals surface area contributed by atoms with Crippen LogP contribution in [0.15, 0.2) is 0 Å². The highest BCUT2D eigenvalue weighted by atomic mass is 16.6. The molecule has 0 aliphatic heterocycles. The van der Waals surface area contributed by atoms with Crippen LogP contribution in [0.5, 0.6) is 0 Å². The summed E-state index contributed by atoms with van der Waals surface area (Å²) in [6.45, 7) is 8.62. The minimum Gasteiger partial charge on any atom is -0.459 e. The summed E-state index contributed by atoms with van der Waals surface area (Å²) in [4.78, 5) is 11.5. The zero-order valence-corrected chi connectivity index (χ0v) is 10.6. The molecular formula is C11H23NO4. The minimum absolute atomic E-state index is 0.0155. The maximum Gasteiger partial charge on any atom is 0.323 e. The van der Waals surface area contributed by atoms with Gasteiger partial charge in [-0.1, -0.05) is 0 Å². The molecule has 1 atom stereocenters. The molecule has 0 spiro atoms. The minimum atomic E-state index is -0.458. The van der Waals surface area contributed by atoms with E-state index in [-0.39, 0.29) is 18.6 Å². The van der Waals surface area contributed by atoms with E-state index in [1.807, 2.05) is 20.8 Å². The van der Waals surface area contributed by atoms with Gasteiger partial charge in [0.1, 0.15) is 11.6 Å². The second kappa shape index (κ2) is 7.60. The highest BCUT2D eigenvalue weighted by Crippen LogP contribution is 2.07. The van der Waals surface area contributed by atoms with Crippen LogP contribution < -0.4 is 5.32 Å². The smallest absolute Gasteiger partial charge is 0.323 e. The number of carbonyl (C=O) groups excluding carboxylic acids is 1. The van der Waals surface area contributed by atoms with Gasteiger partial charge < -0.3 is 19.9 Å². The predicted octanol–water partition coefficient (Wildman–Crippen LogP) is 0.315. The molecule has 5 heteroatoms. The van der Waals surface area contributed by atoms with Crippen molar-refractivity contribution in [3.8, 4) is 0 Å². The van der Waals surface area contributed by atoms with Gasteiger partial charge in [0, 0.05) is 6.54 Å². The van der Waals surface area contributed by atoms with Gasteiger partial charge in [0.05, 0.1) is 19.8 Å². The molecule has 0 saturated heterocycles. The number of esters is 1. The standard InChI is InChI=1S/C11H23NO4/c1-9(10(14)16-11(2,3)4)12-5-7-15-8-6-13/h9,12-13H,5-8H2,1-4H3. The zero-order valence-electron chi connectivity index (χ0n) is 10.6. The maximum atomic E-state index is 11.5. The fourth-order valence-electron chi connectivity index (χ4n) is 0.988. The average Bonchev–Trinajstić information content (AvgIpc) is 2.14. The Labute approximate surface area is 97.1 Å². The SMILES string of the molecule is CC(NCCOCCO)C(=O)OC(C)(C)C. The average molecular weight is 233 g/mol. The molecule has 0 aliphatic carbocycles. The number of rotatable bonds is 7. The van der Waals surface area contributed by atoms with Gasteiger partial charge in [-0.05, 0) is 27.7 Å². The molecule has 0 fully saturated rings. The summed E-state index contributed by atoms with van der Waals surface area (Å²) in [5, 5.41) is 11.5. The van der Waals surface area contributed by atoms with Gasteiger partial charge >= 0.3 is 5.97 Å². The Morgan fingerprint density at radius 3 is 2.50 bits per heavy atom. The van der Waals surface area contributed by atoms with Gasteiger partial charge in [0.2, 0.25) is 0 Å². The number of hydrogen-bond acceptors (Lipinski definition) is 5. The molecule has 0 aromatic carbocycles. The van der Waals surface area contributed by atoms with Gasteiger partial charge in [-0.3, -0.25) is 4.79 Å². The lowest BCUT2D eigenvalue weighted by Gasteiger charge is -2.22. The Morgan fingerprint density at radius 1 is 1.38 bits per heavy atom. The Morgan fingerprint density at radius 2 is 2.00 bits per heavy atom. The van der Waals surface area contributed by atoms with E-state index in [1.165, 1.54) is 0 Å². The maximum absolute atomic E-state index is 11.5. The van der Waals surface area contributed by atoms with Gasteiger partial charge in [-0.25, -0.2) is 0 Å². The Kier molecular flexibility index (Phi) is 7.29. The summed E-state index contributed by atoms with van der Waals surface area (Å²) >= 11 is 0. The first kappa shape index (κ1) is 15.3. The van der Waals surface area contributed by atoms with Crippen LogP contribution in [0.2, 0.25) is 0 Å². The molecule has 0 rings (SSSR count). The molecule has 0 aromatic rings. The molecule has 16 heavy (non-hydrogen) atoms. The topological polar surface area (TPSA) is 67.8 Å².